The van der Waals surface area contributed by atoms with Crippen molar-refractivity contribution in [3.8, 4) is 0 Å². The quantitative estimate of drug-likeness (QED) is 0.319. The Morgan fingerprint density at radius 3 is 2.25 bits per heavy atom. The van der Waals surface area contributed by atoms with Crippen molar-refractivity contribution < 1.29 is 29.0 Å². The first-order valence-corrected chi connectivity index (χ1v) is 13.3. The smallest absolute Gasteiger partial charge is 0.408 e. The number of para-hydroxylation sites is 1. The summed E-state index contributed by atoms with van der Waals surface area (Å²) in [6, 6.07) is 8.07. The maximum absolute atomic E-state index is 14.0. The molecule has 2 rings (SSSR count). The van der Waals surface area contributed by atoms with Crippen LogP contribution in [0.5, 0.6) is 0 Å². The van der Waals surface area contributed by atoms with Gasteiger partial charge in [-0.15, -0.1) is 0 Å². The van der Waals surface area contributed by atoms with E-state index in [0.29, 0.717) is 21.8 Å². The first-order chi connectivity index (χ1) is 18.7. The van der Waals surface area contributed by atoms with Gasteiger partial charge in [-0.1, -0.05) is 41.9 Å². The lowest BCUT2D eigenvalue weighted by atomic mass is 9.94. The Labute approximate surface area is 240 Å². The van der Waals surface area contributed by atoms with Crippen LogP contribution in [0.2, 0.25) is 5.02 Å². The normalized spacial score (nSPS) is 12.7. The van der Waals surface area contributed by atoms with Crippen molar-refractivity contribution in [3.05, 3.63) is 63.7 Å². The van der Waals surface area contributed by atoms with Crippen LogP contribution in [0, 0.1) is 20.8 Å². The molecule has 0 bridgehead atoms. The molecule has 10 nitrogen and oxygen atoms in total. The van der Waals surface area contributed by atoms with Gasteiger partial charge in [0.05, 0.1) is 17.3 Å². The maximum atomic E-state index is 14.0. The Kier molecular flexibility index (Phi) is 11.5. The van der Waals surface area contributed by atoms with Gasteiger partial charge in [0, 0.05) is 13.0 Å². The second-order valence-corrected chi connectivity index (χ2v) is 11.0. The van der Waals surface area contributed by atoms with Gasteiger partial charge in [-0.05, 0) is 76.3 Å². The number of carbonyl (C=O) groups is 4. The largest absolute Gasteiger partial charge is 0.444 e. The molecule has 2 atom stereocenters. The lowest BCUT2D eigenvalue weighted by molar-refractivity contribution is -0.141. The highest BCUT2D eigenvalue weighted by atomic mass is 35.5. The number of primary amides is 1. The summed E-state index contributed by atoms with van der Waals surface area (Å²) in [5.41, 5.74) is 7.76. The van der Waals surface area contributed by atoms with E-state index in [1.807, 2.05) is 19.9 Å². The number of aliphatic hydroxyl groups is 1. The van der Waals surface area contributed by atoms with Crippen LogP contribution in [-0.4, -0.2) is 58.6 Å². The number of carbonyl (C=O) groups excluding carboxylic acids is 4. The number of nitrogens with one attached hydrogen (secondary N) is 2. The third-order valence-corrected chi connectivity index (χ3v) is 6.58. The molecule has 2 aromatic carbocycles. The minimum atomic E-state index is -1.27. The summed E-state index contributed by atoms with van der Waals surface area (Å²) in [6.45, 7) is 9.79. The highest BCUT2D eigenvalue weighted by Crippen LogP contribution is 2.31. The minimum absolute atomic E-state index is 0.139. The van der Waals surface area contributed by atoms with E-state index in [4.69, 9.17) is 22.1 Å². The molecule has 0 saturated heterocycles. The summed E-state index contributed by atoms with van der Waals surface area (Å²) in [4.78, 5) is 53.4. The zero-order chi connectivity index (χ0) is 30.2. The molecule has 0 fully saturated rings. The molecule has 4 amide bonds. The standard InChI is InChI=1S/C29H39ClN4O6/c1-17-9-7-11-20(19(17)3)25(26(37)33-24-18(2)10-8-12-21(24)30)34(15-16-35)27(38)22(13-14-23(31)36)32-28(39)40-29(4,5)6/h7-12,22,25,35H,13-16H2,1-6H3,(H2,31,36)(H,32,39)(H,33,37). The first-order valence-electron chi connectivity index (χ1n) is 13.0. The summed E-state index contributed by atoms with van der Waals surface area (Å²) >= 11 is 6.38. The third-order valence-electron chi connectivity index (χ3n) is 6.26. The van der Waals surface area contributed by atoms with Gasteiger partial charge in [0.15, 0.2) is 0 Å². The van der Waals surface area contributed by atoms with Crippen LogP contribution in [0.25, 0.3) is 0 Å². The van der Waals surface area contributed by atoms with Crippen LogP contribution in [0.3, 0.4) is 0 Å². The predicted molar refractivity (Wildman–Crippen MR) is 154 cm³/mol. The molecule has 5 N–H and O–H groups in total. The molecule has 0 saturated carbocycles. The third kappa shape index (κ3) is 8.96. The number of halogens is 1. The van der Waals surface area contributed by atoms with Gasteiger partial charge in [0.25, 0.3) is 5.91 Å². The minimum Gasteiger partial charge on any atom is -0.444 e. The van der Waals surface area contributed by atoms with Crippen LogP contribution in [-0.2, 0) is 19.1 Å². The second kappa shape index (κ2) is 14.1. The van der Waals surface area contributed by atoms with E-state index < -0.39 is 48.1 Å². The number of amides is 4. The molecule has 0 aromatic heterocycles. The van der Waals surface area contributed by atoms with E-state index in [2.05, 4.69) is 10.6 Å². The average Bonchev–Trinajstić information content (AvgIpc) is 2.84. The molecule has 0 heterocycles. The molecular weight excluding hydrogens is 536 g/mol. The SMILES string of the molecule is Cc1cccc(C(C(=O)Nc2c(C)cccc2Cl)N(CCO)C(=O)C(CCC(N)=O)NC(=O)OC(C)(C)C)c1C. The number of aliphatic hydroxyl groups excluding tert-OH is 1. The Balaban J connectivity index is 2.61. The summed E-state index contributed by atoms with van der Waals surface area (Å²) in [6.07, 6.45) is -1.22. The molecule has 2 aromatic rings. The number of nitrogens with zero attached hydrogens (tertiary/aromatic N) is 1. The molecule has 0 spiro atoms. The molecule has 0 aliphatic carbocycles. The van der Waals surface area contributed by atoms with Crippen LogP contribution in [0.1, 0.15) is 61.9 Å². The fourth-order valence-corrected chi connectivity index (χ4v) is 4.44. The predicted octanol–water partition coefficient (Wildman–Crippen LogP) is 3.92. The van der Waals surface area contributed by atoms with E-state index in [1.54, 1.807) is 58.0 Å². The topological polar surface area (TPSA) is 151 Å². The van der Waals surface area contributed by atoms with Gasteiger partial charge >= 0.3 is 6.09 Å². The lowest BCUT2D eigenvalue weighted by Gasteiger charge is -2.35. The van der Waals surface area contributed by atoms with Crippen molar-refractivity contribution in [1.82, 2.24) is 10.2 Å². The highest BCUT2D eigenvalue weighted by Gasteiger charge is 2.37. The summed E-state index contributed by atoms with van der Waals surface area (Å²) in [5.74, 6) is -1.94. The lowest BCUT2D eigenvalue weighted by Crippen LogP contribution is -2.53. The number of hydrogen-bond acceptors (Lipinski definition) is 6. The molecule has 0 aliphatic heterocycles. The Bertz CT molecular complexity index is 1220. The van der Waals surface area contributed by atoms with Crippen LogP contribution in [0.15, 0.2) is 36.4 Å². The van der Waals surface area contributed by atoms with E-state index in [1.165, 1.54) is 4.90 Å². The van der Waals surface area contributed by atoms with E-state index in [-0.39, 0.29) is 19.4 Å². The molecule has 40 heavy (non-hydrogen) atoms. The fraction of sp³-hybridized carbons (Fsp3) is 0.448. The fourth-order valence-electron chi connectivity index (χ4n) is 4.17. The Morgan fingerprint density at radius 1 is 1.05 bits per heavy atom. The van der Waals surface area contributed by atoms with Gasteiger partial charge in [-0.3, -0.25) is 14.4 Å². The zero-order valence-corrected chi connectivity index (χ0v) is 24.6. The Morgan fingerprint density at radius 2 is 1.68 bits per heavy atom. The zero-order valence-electron chi connectivity index (χ0n) is 23.8. The number of ether oxygens (including phenoxy) is 1. The van der Waals surface area contributed by atoms with Crippen LogP contribution >= 0.6 is 11.6 Å². The number of nitrogens with two attached hydrogens (primary N) is 1. The van der Waals surface area contributed by atoms with Crippen LogP contribution in [0.4, 0.5) is 10.5 Å². The van der Waals surface area contributed by atoms with E-state index >= 15 is 0 Å². The number of anilines is 1. The van der Waals surface area contributed by atoms with E-state index in [9.17, 15) is 24.3 Å². The summed E-state index contributed by atoms with van der Waals surface area (Å²) in [5, 5.41) is 15.6. The van der Waals surface area contributed by atoms with Crippen LogP contribution < -0.4 is 16.4 Å². The van der Waals surface area contributed by atoms with Gasteiger partial charge in [-0.2, -0.15) is 0 Å². The van der Waals surface area contributed by atoms with E-state index in [0.717, 1.165) is 11.1 Å². The monoisotopic (exact) mass is 574 g/mol. The van der Waals surface area contributed by atoms with Gasteiger partial charge in [0.2, 0.25) is 11.8 Å². The second-order valence-electron chi connectivity index (χ2n) is 10.6. The average molecular weight is 575 g/mol. The molecule has 0 radical (unpaired) electrons. The number of rotatable bonds is 11. The summed E-state index contributed by atoms with van der Waals surface area (Å²) in [7, 11) is 0. The molecule has 0 aliphatic rings. The van der Waals surface area contributed by atoms with Crippen molar-refractivity contribution in [2.75, 3.05) is 18.5 Å². The van der Waals surface area contributed by atoms with Crippen molar-refractivity contribution in [2.45, 2.75) is 72.1 Å². The van der Waals surface area contributed by atoms with Crippen molar-refractivity contribution in [1.29, 1.82) is 0 Å². The number of hydrogen-bond donors (Lipinski definition) is 4. The first kappa shape index (κ1) is 32.6. The number of aryl methyl sites for hydroxylation is 2. The van der Waals surface area contributed by atoms with Crippen molar-refractivity contribution >= 4 is 41.1 Å². The van der Waals surface area contributed by atoms with Gasteiger partial charge in [0.1, 0.15) is 17.7 Å². The van der Waals surface area contributed by atoms with Gasteiger partial charge < -0.3 is 31.1 Å². The van der Waals surface area contributed by atoms with Crippen molar-refractivity contribution in [2.24, 2.45) is 5.73 Å². The highest BCUT2D eigenvalue weighted by molar-refractivity contribution is 6.34. The summed E-state index contributed by atoms with van der Waals surface area (Å²) < 4.78 is 5.32. The molecule has 11 heteroatoms. The maximum Gasteiger partial charge on any atom is 0.408 e. The molecule has 218 valence electrons. The Hall–Kier alpha value is -3.63. The van der Waals surface area contributed by atoms with Crippen molar-refractivity contribution in [3.63, 3.8) is 0 Å². The van der Waals surface area contributed by atoms with Gasteiger partial charge in [-0.25, -0.2) is 4.79 Å². The molecular formula is C29H39ClN4O6. The number of benzene rings is 2. The number of alkyl carbamates (subject to hydrolysis) is 1. The molecule has 2 unspecified atom stereocenters.